The lowest BCUT2D eigenvalue weighted by Gasteiger charge is -2.06. The normalized spacial score (nSPS) is 12.2. The third kappa shape index (κ3) is 2.85. The zero-order chi connectivity index (χ0) is 7.28. The Labute approximate surface area is 54.0 Å². The zero-order valence-corrected chi connectivity index (χ0v) is 5.59. The Kier molecular flexibility index (Phi) is 3.67. The molecule has 0 bridgehead atoms. The van der Waals surface area contributed by atoms with Crippen LogP contribution < -0.4 is 0 Å². The lowest BCUT2D eigenvalue weighted by molar-refractivity contribution is -0.142. The Bertz CT molecular complexity index is 109. The quantitative estimate of drug-likeness (QED) is 0.521. The maximum Gasteiger partial charge on any atom is 0.293 e. The van der Waals surface area contributed by atoms with Gasteiger partial charge in [0.15, 0.2) is 11.9 Å². The van der Waals surface area contributed by atoms with Gasteiger partial charge in [0.1, 0.15) is 0 Å². The van der Waals surface area contributed by atoms with Crippen molar-refractivity contribution in [2.24, 2.45) is 0 Å². The van der Waals surface area contributed by atoms with Gasteiger partial charge in [0.05, 0.1) is 0 Å². The maximum atomic E-state index is 10.5. The summed E-state index contributed by atoms with van der Waals surface area (Å²) in [6.07, 6.45) is 0.0103. The molecule has 0 aromatic heterocycles. The SMILES string of the molecule is CCC(OC=O)C(C)=O. The fraction of sp³-hybridized carbons (Fsp3) is 0.667. The van der Waals surface area contributed by atoms with E-state index in [0.29, 0.717) is 12.9 Å². The topological polar surface area (TPSA) is 43.4 Å². The number of carbonyl (C=O) groups excluding carboxylic acids is 2. The van der Waals surface area contributed by atoms with Crippen LogP contribution in [-0.2, 0) is 14.3 Å². The van der Waals surface area contributed by atoms with Crippen LogP contribution in [0.5, 0.6) is 0 Å². The van der Waals surface area contributed by atoms with Crippen LogP contribution in [0.1, 0.15) is 20.3 Å². The van der Waals surface area contributed by atoms with E-state index in [1.54, 1.807) is 6.92 Å². The Hall–Kier alpha value is -0.860. The largest absolute Gasteiger partial charge is 0.457 e. The Balaban J connectivity index is 3.67. The Morgan fingerprint density at radius 3 is 2.44 bits per heavy atom. The second-order valence-electron chi connectivity index (χ2n) is 1.74. The van der Waals surface area contributed by atoms with Crippen molar-refractivity contribution >= 4 is 12.3 Å². The fourth-order valence-corrected chi connectivity index (χ4v) is 0.547. The number of carbonyl (C=O) groups is 2. The second kappa shape index (κ2) is 4.06. The van der Waals surface area contributed by atoms with Gasteiger partial charge >= 0.3 is 0 Å². The van der Waals surface area contributed by atoms with Crippen molar-refractivity contribution in [3.63, 3.8) is 0 Å². The average Bonchev–Trinajstić information content (AvgIpc) is 1.82. The second-order valence-corrected chi connectivity index (χ2v) is 1.74. The summed E-state index contributed by atoms with van der Waals surface area (Å²) in [5.74, 6) is -0.107. The van der Waals surface area contributed by atoms with E-state index >= 15 is 0 Å². The van der Waals surface area contributed by atoms with Gasteiger partial charge in [-0.15, -0.1) is 0 Å². The fourth-order valence-electron chi connectivity index (χ4n) is 0.547. The van der Waals surface area contributed by atoms with E-state index in [1.165, 1.54) is 6.92 Å². The van der Waals surface area contributed by atoms with Gasteiger partial charge in [0, 0.05) is 0 Å². The predicted molar refractivity (Wildman–Crippen MR) is 31.9 cm³/mol. The highest BCUT2D eigenvalue weighted by Gasteiger charge is 2.10. The number of Topliss-reactive ketones (excluding diaryl/α,β-unsaturated/α-hetero) is 1. The summed E-state index contributed by atoms with van der Waals surface area (Å²) in [5.41, 5.74) is 0. The van der Waals surface area contributed by atoms with Gasteiger partial charge in [-0.25, -0.2) is 0 Å². The summed E-state index contributed by atoms with van der Waals surface area (Å²) in [7, 11) is 0. The minimum absolute atomic E-state index is 0.107. The van der Waals surface area contributed by atoms with E-state index in [1.807, 2.05) is 0 Å². The summed E-state index contributed by atoms with van der Waals surface area (Å²) in [5, 5.41) is 0. The highest BCUT2D eigenvalue weighted by molar-refractivity contribution is 5.81. The molecule has 0 amide bonds. The van der Waals surface area contributed by atoms with Crippen molar-refractivity contribution < 1.29 is 14.3 Å². The van der Waals surface area contributed by atoms with E-state index in [0.717, 1.165) is 0 Å². The van der Waals surface area contributed by atoms with E-state index in [9.17, 15) is 9.59 Å². The molecule has 0 aromatic carbocycles. The van der Waals surface area contributed by atoms with Crippen molar-refractivity contribution in [3.8, 4) is 0 Å². The molecule has 0 N–H and O–H groups in total. The van der Waals surface area contributed by atoms with Gasteiger partial charge < -0.3 is 4.74 Å². The lowest BCUT2D eigenvalue weighted by Crippen LogP contribution is -2.19. The van der Waals surface area contributed by atoms with Crippen LogP contribution in [0.3, 0.4) is 0 Å². The Morgan fingerprint density at radius 1 is 1.78 bits per heavy atom. The van der Waals surface area contributed by atoms with Crippen LogP contribution in [0.25, 0.3) is 0 Å². The van der Waals surface area contributed by atoms with Gasteiger partial charge in [0.2, 0.25) is 0 Å². The molecule has 0 aromatic rings. The van der Waals surface area contributed by atoms with E-state index in [2.05, 4.69) is 4.74 Å². The van der Waals surface area contributed by atoms with Crippen molar-refractivity contribution in [1.82, 2.24) is 0 Å². The third-order valence-electron chi connectivity index (χ3n) is 1.04. The molecule has 0 fully saturated rings. The van der Waals surface area contributed by atoms with Crippen LogP contribution in [0.4, 0.5) is 0 Å². The van der Waals surface area contributed by atoms with Gasteiger partial charge in [-0.2, -0.15) is 0 Å². The lowest BCUT2D eigenvalue weighted by atomic mass is 10.2. The molecule has 52 valence electrons. The molecule has 0 heterocycles. The van der Waals surface area contributed by atoms with Gasteiger partial charge in [-0.05, 0) is 13.3 Å². The summed E-state index contributed by atoms with van der Waals surface area (Å²) >= 11 is 0. The number of ether oxygens (including phenoxy) is 1. The molecule has 0 saturated carbocycles. The minimum atomic E-state index is -0.539. The number of hydrogen-bond donors (Lipinski definition) is 0. The molecule has 0 aliphatic rings. The van der Waals surface area contributed by atoms with Gasteiger partial charge in [-0.3, -0.25) is 9.59 Å². The zero-order valence-electron chi connectivity index (χ0n) is 5.59. The Morgan fingerprint density at radius 2 is 2.33 bits per heavy atom. The molecule has 1 unspecified atom stereocenters. The summed E-state index contributed by atoms with van der Waals surface area (Å²) < 4.78 is 4.42. The molecule has 0 aliphatic heterocycles. The smallest absolute Gasteiger partial charge is 0.293 e. The number of hydrogen-bond acceptors (Lipinski definition) is 3. The van der Waals surface area contributed by atoms with Crippen LogP contribution in [0.15, 0.2) is 0 Å². The predicted octanol–water partition coefficient (Wildman–Crippen LogP) is 0.527. The van der Waals surface area contributed by atoms with Crippen molar-refractivity contribution in [2.75, 3.05) is 0 Å². The molecule has 0 saturated heterocycles. The summed E-state index contributed by atoms with van der Waals surface area (Å²) in [6, 6.07) is 0. The highest BCUT2D eigenvalue weighted by Crippen LogP contribution is 1.95. The molecule has 9 heavy (non-hydrogen) atoms. The van der Waals surface area contributed by atoms with Crippen LogP contribution in [-0.4, -0.2) is 18.4 Å². The van der Waals surface area contributed by atoms with Crippen LogP contribution in [0, 0.1) is 0 Å². The third-order valence-corrected chi connectivity index (χ3v) is 1.04. The summed E-state index contributed by atoms with van der Waals surface area (Å²) in [4.78, 5) is 20.2. The highest BCUT2D eigenvalue weighted by atomic mass is 16.5. The molecule has 0 radical (unpaired) electrons. The molecular weight excluding hydrogens is 120 g/mol. The molecule has 0 aliphatic carbocycles. The van der Waals surface area contributed by atoms with Crippen LogP contribution >= 0.6 is 0 Å². The van der Waals surface area contributed by atoms with E-state index in [4.69, 9.17) is 0 Å². The maximum absolute atomic E-state index is 10.5. The van der Waals surface area contributed by atoms with E-state index < -0.39 is 6.10 Å². The molecule has 3 nitrogen and oxygen atoms in total. The van der Waals surface area contributed by atoms with Crippen molar-refractivity contribution in [2.45, 2.75) is 26.4 Å². The molecular formula is C6H10O3. The first-order valence-electron chi connectivity index (χ1n) is 2.82. The average molecular weight is 130 g/mol. The first-order valence-corrected chi connectivity index (χ1v) is 2.82. The monoisotopic (exact) mass is 130 g/mol. The standard InChI is InChI=1S/C6H10O3/c1-3-6(5(2)8)9-4-7/h4,6H,3H2,1-2H3. The first kappa shape index (κ1) is 8.14. The number of rotatable bonds is 4. The molecule has 0 rings (SSSR count). The van der Waals surface area contributed by atoms with E-state index in [-0.39, 0.29) is 5.78 Å². The molecule has 0 spiro atoms. The molecule has 1 atom stereocenters. The first-order chi connectivity index (χ1) is 4.22. The summed E-state index contributed by atoms with van der Waals surface area (Å²) in [6.45, 7) is 3.49. The van der Waals surface area contributed by atoms with Gasteiger partial charge in [0.25, 0.3) is 6.47 Å². The number of ketones is 1. The minimum Gasteiger partial charge on any atom is -0.457 e. The molecule has 3 heteroatoms. The van der Waals surface area contributed by atoms with Crippen molar-refractivity contribution in [1.29, 1.82) is 0 Å². The van der Waals surface area contributed by atoms with Crippen LogP contribution in [0.2, 0.25) is 0 Å². The van der Waals surface area contributed by atoms with Gasteiger partial charge in [-0.1, -0.05) is 6.92 Å². The van der Waals surface area contributed by atoms with Crippen molar-refractivity contribution in [3.05, 3.63) is 0 Å².